The quantitative estimate of drug-likeness (QED) is 0.860. The van der Waals surface area contributed by atoms with Crippen molar-refractivity contribution in [2.75, 3.05) is 5.32 Å². The van der Waals surface area contributed by atoms with E-state index in [1.807, 2.05) is 6.07 Å². The molecule has 0 saturated heterocycles. The smallest absolute Gasteiger partial charge is 0.265 e. The number of ketones is 1. The minimum atomic E-state index is -0.719. The molecular weight excluding hydrogens is 292 g/mol. The van der Waals surface area contributed by atoms with Gasteiger partial charge in [0.25, 0.3) is 5.91 Å². The summed E-state index contributed by atoms with van der Waals surface area (Å²) < 4.78 is 5.54. The highest BCUT2D eigenvalue weighted by Crippen LogP contribution is 2.15. The molecule has 0 aromatic heterocycles. The van der Waals surface area contributed by atoms with Gasteiger partial charge in [-0.1, -0.05) is 12.1 Å². The summed E-state index contributed by atoms with van der Waals surface area (Å²) >= 11 is 0. The molecule has 0 fully saturated rings. The number of amides is 1. The minimum Gasteiger partial charge on any atom is -0.481 e. The molecule has 0 aliphatic rings. The molecule has 2 rings (SSSR count). The molecule has 2 aromatic rings. The van der Waals surface area contributed by atoms with Crippen molar-refractivity contribution < 1.29 is 14.3 Å². The highest BCUT2D eigenvalue weighted by Gasteiger charge is 2.15. The van der Waals surface area contributed by atoms with Gasteiger partial charge in [-0.2, -0.15) is 5.26 Å². The van der Waals surface area contributed by atoms with Gasteiger partial charge in [0.15, 0.2) is 11.9 Å². The monoisotopic (exact) mass is 308 g/mol. The van der Waals surface area contributed by atoms with Crippen molar-refractivity contribution in [3.05, 3.63) is 59.7 Å². The number of anilines is 1. The van der Waals surface area contributed by atoms with Crippen LogP contribution in [0.5, 0.6) is 5.75 Å². The molecule has 1 atom stereocenters. The fraction of sp³-hybridized carbons (Fsp3) is 0.167. The highest BCUT2D eigenvalue weighted by atomic mass is 16.5. The van der Waals surface area contributed by atoms with Crippen molar-refractivity contribution in [3.63, 3.8) is 0 Å². The van der Waals surface area contributed by atoms with Crippen LogP contribution < -0.4 is 10.1 Å². The first-order valence-corrected chi connectivity index (χ1v) is 7.08. The van der Waals surface area contributed by atoms with Crippen molar-refractivity contribution in [2.45, 2.75) is 20.0 Å². The van der Waals surface area contributed by atoms with Crippen LogP contribution >= 0.6 is 0 Å². The third-order valence-corrected chi connectivity index (χ3v) is 3.20. The Bertz CT molecular complexity index is 761. The van der Waals surface area contributed by atoms with Gasteiger partial charge in [0.1, 0.15) is 5.75 Å². The lowest BCUT2D eigenvalue weighted by molar-refractivity contribution is -0.122. The number of carbonyl (C=O) groups is 2. The third-order valence-electron chi connectivity index (χ3n) is 3.20. The van der Waals surface area contributed by atoms with Gasteiger partial charge in [-0.15, -0.1) is 0 Å². The molecule has 0 aliphatic heterocycles. The summed E-state index contributed by atoms with van der Waals surface area (Å²) in [4.78, 5) is 23.5. The molecule has 2 aromatic carbocycles. The first-order valence-electron chi connectivity index (χ1n) is 7.08. The SMILES string of the molecule is CC(=O)c1cccc(NC(=O)[C@@H](C)Oc2ccc(C#N)cc2)c1. The average molecular weight is 308 g/mol. The summed E-state index contributed by atoms with van der Waals surface area (Å²) in [5, 5.41) is 11.5. The number of carbonyl (C=O) groups excluding carboxylic acids is 2. The molecule has 116 valence electrons. The summed E-state index contributed by atoms with van der Waals surface area (Å²) in [6.07, 6.45) is -0.719. The second-order valence-electron chi connectivity index (χ2n) is 5.02. The lowest BCUT2D eigenvalue weighted by atomic mass is 10.1. The first kappa shape index (κ1) is 16.2. The van der Waals surface area contributed by atoms with Gasteiger partial charge in [-0.05, 0) is 50.2 Å². The molecule has 0 saturated carbocycles. The number of ether oxygens (including phenoxy) is 1. The van der Waals surface area contributed by atoms with E-state index in [-0.39, 0.29) is 11.7 Å². The third kappa shape index (κ3) is 4.42. The van der Waals surface area contributed by atoms with Crippen molar-refractivity contribution in [2.24, 2.45) is 0 Å². The standard InChI is InChI=1S/C18H16N2O3/c1-12(21)15-4-3-5-16(10-15)20-18(22)13(2)23-17-8-6-14(11-19)7-9-17/h3-10,13H,1-2H3,(H,20,22)/t13-/m1/s1. The zero-order valence-corrected chi connectivity index (χ0v) is 12.9. The Hall–Kier alpha value is -3.13. The lowest BCUT2D eigenvalue weighted by Gasteiger charge is -2.15. The maximum atomic E-state index is 12.1. The maximum absolute atomic E-state index is 12.1. The molecule has 0 radical (unpaired) electrons. The summed E-state index contributed by atoms with van der Waals surface area (Å²) in [5.74, 6) is 0.113. The molecule has 0 spiro atoms. The average Bonchev–Trinajstić information content (AvgIpc) is 2.55. The molecule has 0 bridgehead atoms. The number of benzene rings is 2. The van der Waals surface area contributed by atoms with E-state index in [0.29, 0.717) is 22.6 Å². The summed E-state index contributed by atoms with van der Waals surface area (Å²) in [7, 11) is 0. The van der Waals surface area contributed by atoms with E-state index in [9.17, 15) is 9.59 Å². The Morgan fingerprint density at radius 3 is 2.48 bits per heavy atom. The Morgan fingerprint density at radius 2 is 1.87 bits per heavy atom. The molecule has 1 amide bonds. The number of Topliss-reactive ketones (excluding diaryl/α,β-unsaturated/α-hetero) is 1. The molecule has 5 heteroatoms. The maximum Gasteiger partial charge on any atom is 0.265 e. The predicted molar refractivity (Wildman–Crippen MR) is 86.3 cm³/mol. The molecular formula is C18H16N2O3. The second kappa shape index (κ2) is 7.23. The predicted octanol–water partition coefficient (Wildman–Crippen LogP) is 3.17. The number of hydrogen-bond acceptors (Lipinski definition) is 4. The lowest BCUT2D eigenvalue weighted by Crippen LogP contribution is -2.30. The topological polar surface area (TPSA) is 79.2 Å². The molecule has 23 heavy (non-hydrogen) atoms. The summed E-state index contributed by atoms with van der Waals surface area (Å²) in [6.45, 7) is 3.10. The van der Waals surface area contributed by atoms with Crippen LogP contribution in [0.15, 0.2) is 48.5 Å². The van der Waals surface area contributed by atoms with Gasteiger partial charge in [-0.3, -0.25) is 9.59 Å². The van der Waals surface area contributed by atoms with Crippen molar-refractivity contribution in [1.82, 2.24) is 0 Å². The van der Waals surface area contributed by atoms with Crippen LogP contribution in [0, 0.1) is 11.3 Å². The van der Waals surface area contributed by atoms with E-state index < -0.39 is 6.10 Å². The summed E-state index contributed by atoms with van der Waals surface area (Å²) in [6, 6.07) is 15.3. The van der Waals surface area contributed by atoms with E-state index in [2.05, 4.69) is 5.32 Å². The highest BCUT2D eigenvalue weighted by molar-refractivity contribution is 5.98. The number of hydrogen-bond donors (Lipinski definition) is 1. The van der Waals surface area contributed by atoms with Crippen LogP contribution in [0.2, 0.25) is 0 Å². The number of rotatable bonds is 5. The number of nitrogens with zero attached hydrogens (tertiary/aromatic N) is 1. The molecule has 0 heterocycles. The van der Waals surface area contributed by atoms with Gasteiger partial charge in [0.2, 0.25) is 0 Å². The van der Waals surface area contributed by atoms with Crippen LogP contribution in [0.4, 0.5) is 5.69 Å². The zero-order chi connectivity index (χ0) is 16.8. The van der Waals surface area contributed by atoms with E-state index in [4.69, 9.17) is 10.00 Å². The van der Waals surface area contributed by atoms with Crippen molar-refractivity contribution in [3.8, 4) is 11.8 Å². The molecule has 5 nitrogen and oxygen atoms in total. The fourth-order valence-electron chi connectivity index (χ4n) is 1.93. The van der Waals surface area contributed by atoms with Crippen LogP contribution in [0.3, 0.4) is 0 Å². The van der Waals surface area contributed by atoms with E-state index in [0.717, 1.165) is 0 Å². The molecule has 1 N–H and O–H groups in total. The van der Waals surface area contributed by atoms with Crippen LogP contribution in [-0.4, -0.2) is 17.8 Å². The first-order chi connectivity index (χ1) is 11.0. The van der Waals surface area contributed by atoms with Crippen LogP contribution in [0.25, 0.3) is 0 Å². The molecule has 0 aliphatic carbocycles. The fourth-order valence-corrected chi connectivity index (χ4v) is 1.93. The van der Waals surface area contributed by atoms with E-state index >= 15 is 0 Å². The van der Waals surface area contributed by atoms with E-state index in [1.165, 1.54) is 6.92 Å². The zero-order valence-electron chi connectivity index (χ0n) is 12.9. The normalized spacial score (nSPS) is 11.2. The Balaban J connectivity index is 2.00. The summed E-state index contributed by atoms with van der Waals surface area (Å²) in [5.41, 5.74) is 1.59. The van der Waals surface area contributed by atoms with Gasteiger partial charge in [0.05, 0.1) is 11.6 Å². The minimum absolute atomic E-state index is 0.0667. The van der Waals surface area contributed by atoms with Gasteiger partial charge >= 0.3 is 0 Å². The van der Waals surface area contributed by atoms with Gasteiger partial charge < -0.3 is 10.1 Å². The number of nitrogens with one attached hydrogen (secondary N) is 1. The van der Waals surface area contributed by atoms with Crippen LogP contribution in [-0.2, 0) is 4.79 Å². The Morgan fingerprint density at radius 1 is 1.17 bits per heavy atom. The van der Waals surface area contributed by atoms with Crippen molar-refractivity contribution in [1.29, 1.82) is 5.26 Å². The Labute approximate surface area is 134 Å². The van der Waals surface area contributed by atoms with Gasteiger partial charge in [0, 0.05) is 11.3 Å². The van der Waals surface area contributed by atoms with Gasteiger partial charge in [-0.25, -0.2) is 0 Å². The van der Waals surface area contributed by atoms with Crippen molar-refractivity contribution >= 4 is 17.4 Å². The number of nitriles is 1. The van der Waals surface area contributed by atoms with Crippen LogP contribution in [0.1, 0.15) is 29.8 Å². The largest absolute Gasteiger partial charge is 0.481 e. The van der Waals surface area contributed by atoms with E-state index in [1.54, 1.807) is 55.5 Å². The Kier molecular flexibility index (Phi) is 5.11. The molecule has 0 unspecified atom stereocenters. The second-order valence-corrected chi connectivity index (χ2v) is 5.02.